The number of aromatic nitrogens is 2. The van der Waals surface area contributed by atoms with Gasteiger partial charge in [0.15, 0.2) is 17.2 Å². The van der Waals surface area contributed by atoms with E-state index in [9.17, 15) is 22.4 Å². The number of alkyl halides is 3. The Labute approximate surface area is 196 Å². The molecule has 2 aromatic carbocycles. The second-order valence-corrected chi connectivity index (χ2v) is 7.22. The highest BCUT2D eigenvalue weighted by Crippen LogP contribution is 2.30. The number of ether oxygens (including phenoxy) is 2. The van der Waals surface area contributed by atoms with Crippen molar-refractivity contribution in [1.29, 1.82) is 0 Å². The van der Waals surface area contributed by atoms with E-state index in [0.29, 0.717) is 23.7 Å². The smallest absolute Gasteiger partial charge is 0.435 e. The zero-order chi connectivity index (χ0) is 24.7. The molecule has 0 atom stereocenters. The van der Waals surface area contributed by atoms with Gasteiger partial charge >= 0.3 is 6.18 Å². The molecule has 1 heterocycles. The lowest BCUT2D eigenvalue weighted by Gasteiger charge is -2.13. The fourth-order valence-corrected chi connectivity index (χ4v) is 2.99. The van der Waals surface area contributed by atoms with Crippen molar-refractivity contribution in [1.82, 2.24) is 15.2 Å². The van der Waals surface area contributed by atoms with Crippen molar-refractivity contribution in [2.75, 3.05) is 6.61 Å². The summed E-state index contributed by atoms with van der Waals surface area (Å²) < 4.78 is 63.8. The predicted molar refractivity (Wildman–Crippen MR) is 116 cm³/mol. The third-order valence-electron chi connectivity index (χ3n) is 4.34. The van der Waals surface area contributed by atoms with E-state index in [1.54, 1.807) is 31.2 Å². The van der Waals surface area contributed by atoms with Crippen LogP contribution in [-0.4, -0.2) is 28.5 Å². The molecule has 0 aliphatic rings. The molecular weight excluding hydrogens is 480 g/mol. The molecule has 0 radical (unpaired) electrons. The van der Waals surface area contributed by atoms with Crippen molar-refractivity contribution in [2.24, 2.45) is 5.10 Å². The maximum Gasteiger partial charge on any atom is 0.435 e. The molecule has 1 N–H and O–H groups in total. The van der Waals surface area contributed by atoms with Crippen LogP contribution < -0.4 is 14.9 Å². The summed E-state index contributed by atoms with van der Waals surface area (Å²) in [6.07, 6.45) is -2.22. The quantitative estimate of drug-likeness (QED) is 0.261. The van der Waals surface area contributed by atoms with Crippen molar-refractivity contribution in [3.8, 4) is 11.5 Å². The first kappa shape index (κ1) is 25.0. The van der Waals surface area contributed by atoms with Gasteiger partial charge in [0.05, 0.1) is 17.8 Å². The van der Waals surface area contributed by atoms with Gasteiger partial charge in [0.1, 0.15) is 19.0 Å². The number of benzene rings is 2. The average molecular weight is 499 g/mol. The molecule has 1 amide bonds. The minimum atomic E-state index is -4.59. The number of hydrazone groups is 1. The summed E-state index contributed by atoms with van der Waals surface area (Å²) in [5, 5.41) is 7.32. The van der Waals surface area contributed by atoms with Crippen LogP contribution in [-0.2, 0) is 24.1 Å². The number of carbonyl (C=O) groups is 1. The van der Waals surface area contributed by atoms with Crippen LogP contribution in [0.4, 0.5) is 17.6 Å². The van der Waals surface area contributed by atoms with Gasteiger partial charge < -0.3 is 9.47 Å². The maximum atomic E-state index is 14.0. The Morgan fingerprint density at radius 2 is 2.00 bits per heavy atom. The fraction of sp³-hybridized carbons (Fsp3) is 0.227. The largest absolute Gasteiger partial charge is 0.490 e. The van der Waals surface area contributed by atoms with E-state index in [2.05, 4.69) is 15.6 Å². The lowest BCUT2D eigenvalue weighted by Crippen LogP contribution is -2.23. The van der Waals surface area contributed by atoms with Crippen molar-refractivity contribution in [2.45, 2.75) is 26.3 Å². The number of amides is 1. The lowest BCUT2D eigenvalue weighted by molar-refractivity contribution is -0.141. The SMILES string of the molecule is CCOc1cc(C=NNC(=O)Cn2ccc(C(F)(F)F)n2)ccc1OCc1c(F)cccc1Cl. The minimum absolute atomic E-state index is 0.113. The van der Waals surface area contributed by atoms with Crippen LogP contribution in [0.25, 0.3) is 0 Å². The summed E-state index contributed by atoms with van der Waals surface area (Å²) in [5.41, 5.74) is 1.87. The van der Waals surface area contributed by atoms with Crippen molar-refractivity contribution in [3.05, 3.63) is 76.3 Å². The molecule has 3 aromatic rings. The normalized spacial score (nSPS) is 11.6. The summed E-state index contributed by atoms with van der Waals surface area (Å²) in [4.78, 5) is 11.9. The molecule has 0 bridgehead atoms. The summed E-state index contributed by atoms with van der Waals surface area (Å²) in [6, 6.07) is 9.92. The van der Waals surface area contributed by atoms with Gasteiger partial charge in [-0.1, -0.05) is 17.7 Å². The molecule has 0 fully saturated rings. The first-order valence-corrected chi connectivity index (χ1v) is 10.3. The Morgan fingerprint density at radius 3 is 2.68 bits per heavy atom. The number of nitrogens with one attached hydrogen (secondary N) is 1. The van der Waals surface area contributed by atoms with Crippen LogP contribution in [0.5, 0.6) is 11.5 Å². The molecule has 34 heavy (non-hydrogen) atoms. The highest BCUT2D eigenvalue weighted by molar-refractivity contribution is 6.31. The number of hydrogen-bond acceptors (Lipinski definition) is 5. The first-order valence-electron chi connectivity index (χ1n) is 9.92. The van der Waals surface area contributed by atoms with E-state index >= 15 is 0 Å². The van der Waals surface area contributed by atoms with Crippen molar-refractivity contribution >= 4 is 23.7 Å². The molecule has 7 nitrogen and oxygen atoms in total. The molecule has 0 aliphatic carbocycles. The molecule has 180 valence electrons. The molecule has 0 saturated carbocycles. The van der Waals surface area contributed by atoms with Crippen molar-refractivity contribution < 1.29 is 31.8 Å². The number of nitrogens with zero attached hydrogens (tertiary/aromatic N) is 3. The topological polar surface area (TPSA) is 77.7 Å². The highest BCUT2D eigenvalue weighted by Gasteiger charge is 2.33. The van der Waals surface area contributed by atoms with E-state index in [0.717, 1.165) is 16.9 Å². The molecule has 0 saturated heterocycles. The fourth-order valence-electron chi connectivity index (χ4n) is 2.77. The zero-order valence-electron chi connectivity index (χ0n) is 17.8. The Hall–Kier alpha value is -3.60. The molecule has 0 aliphatic heterocycles. The Kier molecular flexibility index (Phi) is 8.11. The third-order valence-corrected chi connectivity index (χ3v) is 4.69. The van der Waals surface area contributed by atoms with Crippen LogP contribution in [0.3, 0.4) is 0 Å². The van der Waals surface area contributed by atoms with Crippen molar-refractivity contribution in [3.63, 3.8) is 0 Å². The maximum absolute atomic E-state index is 14.0. The molecular formula is C22H19ClF4N4O3. The summed E-state index contributed by atoms with van der Waals surface area (Å²) >= 11 is 6.02. The summed E-state index contributed by atoms with van der Waals surface area (Å²) in [7, 11) is 0. The van der Waals surface area contributed by atoms with Crippen LogP contribution in [0.15, 0.2) is 53.8 Å². The molecule has 0 spiro atoms. The van der Waals surface area contributed by atoms with Gasteiger partial charge in [-0.2, -0.15) is 23.4 Å². The number of carbonyl (C=O) groups excluding carboxylic acids is 1. The highest BCUT2D eigenvalue weighted by atomic mass is 35.5. The van der Waals surface area contributed by atoms with Gasteiger partial charge in [0, 0.05) is 11.8 Å². The second kappa shape index (κ2) is 11.0. The Balaban J connectivity index is 1.61. The molecule has 12 heteroatoms. The van der Waals surface area contributed by atoms with E-state index in [1.807, 2.05) is 0 Å². The third kappa shape index (κ3) is 6.70. The van der Waals surface area contributed by atoms with Crippen LogP contribution in [0.1, 0.15) is 23.7 Å². The van der Waals surface area contributed by atoms with Gasteiger partial charge in [-0.3, -0.25) is 9.48 Å². The van der Waals surface area contributed by atoms with E-state index in [4.69, 9.17) is 21.1 Å². The molecule has 3 rings (SSSR count). The van der Waals surface area contributed by atoms with E-state index in [1.165, 1.54) is 18.3 Å². The van der Waals surface area contributed by atoms with Crippen LogP contribution in [0, 0.1) is 5.82 Å². The number of halogens is 5. The van der Waals surface area contributed by atoms with E-state index < -0.39 is 30.1 Å². The van der Waals surface area contributed by atoms with Gasteiger partial charge in [-0.05, 0) is 48.9 Å². The van der Waals surface area contributed by atoms with Gasteiger partial charge in [0.25, 0.3) is 5.91 Å². The lowest BCUT2D eigenvalue weighted by atomic mass is 10.2. The standard InChI is InChI=1S/C22H19ClF4N4O3/c1-2-33-19-10-14(6-7-18(19)34-13-15-16(23)4-3-5-17(15)24)11-28-29-21(32)12-31-9-8-20(30-31)22(25,26)27/h3-11H,2,12-13H2,1H3,(H,29,32). The van der Waals surface area contributed by atoms with Crippen LogP contribution >= 0.6 is 11.6 Å². The zero-order valence-corrected chi connectivity index (χ0v) is 18.5. The van der Waals surface area contributed by atoms with Gasteiger partial charge in [-0.15, -0.1) is 0 Å². The number of rotatable bonds is 9. The summed E-state index contributed by atoms with van der Waals surface area (Å²) in [6.45, 7) is 1.55. The minimum Gasteiger partial charge on any atom is -0.490 e. The van der Waals surface area contributed by atoms with Gasteiger partial charge in [-0.25, -0.2) is 9.82 Å². The molecule has 0 unspecified atom stereocenters. The Bertz CT molecular complexity index is 1160. The summed E-state index contributed by atoms with van der Waals surface area (Å²) in [5.74, 6) is -0.447. The van der Waals surface area contributed by atoms with Crippen LogP contribution in [0.2, 0.25) is 5.02 Å². The van der Waals surface area contributed by atoms with Gasteiger partial charge in [0.2, 0.25) is 0 Å². The first-order chi connectivity index (χ1) is 16.2. The monoisotopic (exact) mass is 498 g/mol. The number of hydrogen-bond donors (Lipinski definition) is 1. The second-order valence-electron chi connectivity index (χ2n) is 6.82. The van der Waals surface area contributed by atoms with E-state index in [-0.39, 0.29) is 17.2 Å². The predicted octanol–water partition coefficient (Wildman–Crippen LogP) is 4.82. The Morgan fingerprint density at radius 1 is 1.21 bits per heavy atom. The average Bonchev–Trinajstić information content (AvgIpc) is 3.24. The molecule has 1 aromatic heterocycles.